The number of rotatable bonds is 7. The molecule has 2 aromatic heterocycles. The monoisotopic (exact) mass is 702 g/mol. The van der Waals surface area contributed by atoms with Crippen LogP contribution in [0.5, 0.6) is 0 Å². The lowest BCUT2D eigenvalue weighted by molar-refractivity contribution is 0.653. The molecule has 0 spiro atoms. The topological polar surface area (TPSA) is 38.9 Å². The van der Waals surface area contributed by atoms with Crippen LogP contribution in [0.3, 0.4) is 0 Å². The largest absolute Gasteiger partial charge is 0.438 e. The number of para-hydroxylation sites is 1. The van der Waals surface area contributed by atoms with Crippen LogP contribution in [0.2, 0.25) is 0 Å². The highest BCUT2D eigenvalue weighted by molar-refractivity contribution is 6.10. The number of hydrogen-bond acceptors (Lipinski definition) is 3. The molecule has 0 radical (unpaired) electrons. The van der Waals surface area contributed by atoms with Crippen molar-refractivity contribution in [1.82, 2.24) is 9.97 Å². The fourth-order valence-electron chi connectivity index (χ4n) is 7.52. The van der Waals surface area contributed by atoms with Gasteiger partial charge in [-0.25, -0.2) is 4.98 Å². The Labute approximate surface area is 319 Å². The van der Waals surface area contributed by atoms with E-state index in [-0.39, 0.29) is 0 Å². The van der Waals surface area contributed by atoms with Crippen LogP contribution in [-0.4, -0.2) is 9.97 Å². The lowest BCUT2D eigenvalue weighted by atomic mass is 9.91. The third kappa shape index (κ3) is 6.28. The van der Waals surface area contributed by atoms with Crippen molar-refractivity contribution in [1.29, 1.82) is 0 Å². The van der Waals surface area contributed by atoms with Gasteiger partial charge in [0, 0.05) is 16.5 Å². The lowest BCUT2D eigenvalue weighted by Crippen LogP contribution is -1.94. The molecule has 3 nitrogen and oxygen atoms in total. The van der Waals surface area contributed by atoms with Gasteiger partial charge in [0.05, 0.1) is 11.1 Å². The van der Waals surface area contributed by atoms with Gasteiger partial charge in [-0.05, 0) is 92.0 Å². The summed E-state index contributed by atoms with van der Waals surface area (Å²) in [6.45, 7) is 0. The Hall–Kier alpha value is -7.36. The molecule has 8 aromatic carbocycles. The molecule has 0 amide bonds. The second-order valence-electron chi connectivity index (χ2n) is 13.8. The van der Waals surface area contributed by atoms with Gasteiger partial charge < -0.3 is 4.42 Å². The normalized spacial score (nSPS) is 11.3. The highest BCUT2D eigenvalue weighted by Gasteiger charge is 2.18. The van der Waals surface area contributed by atoms with Crippen molar-refractivity contribution in [3.05, 3.63) is 206 Å². The van der Waals surface area contributed by atoms with Crippen LogP contribution in [0.1, 0.15) is 0 Å². The summed E-state index contributed by atoms with van der Waals surface area (Å²) >= 11 is 0. The summed E-state index contributed by atoms with van der Waals surface area (Å²) in [6, 6.07) is 72.6. The molecule has 55 heavy (non-hydrogen) atoms. The minimum absolute atomic E-state index is 0.582. The van der Waals surface area contributed by atoms with Gasteiger partial charge in [-0.3, -0.25) is 0 Å². The Morgan fingerprint density at radius 2 is 0.691 bits per heavy atom. The molecular formula is C52H34N2O. The minimum Gasteiger partial charge on any atom is -0.438 e. The molecule has 0 atom stereocenters. The standard InChI is InChI=1S/C52H34N2O/c1-4-14-35(15-5-1)37-26-28-38(29-27-37)40-20-12-21-41(30-40)45-32-44(36-16-6-2-7-17-36)33-46(34-45)42-22-13-23-43(31-42)51-53-50(39-18-8-3-9-19-39)49-47-24-10-11-25-48(47)55-52(49)54-51/h1-34H. The van der Waals surface area contributed by atoms with E-state index in [1.165, 1.54) is 27.8 Å². The predicted octanol–water partition coefficient (Wildman–Crippen LogP) is 14.0. The molecule has 0 aliphatic heterocycles. The summed E-state index contributed by atoms with van der Waals surface area (Å²) in [4.78, 5) is 10.2. The Morgan fingerprint density at radius 1 is 0.291 bits per heavy atom. The van der Waals surface area contributed by atoms with Gasteiger partial charge in [-0.15, -0.1) is 0 Å². The second kappa shape index (κ2) is 13.9. The second-order valence-corrected chi connectivity index (χ2v) is 13.8. The maximum absolute atomic E-state index is 6.34. The van der Waals surface area contributed by atoms with Gasteiger partial charge in [0.15, 0.2) is 5.82 Å². The molecule has 0 bridgehead atoms. The van der Waals surface area contributed by atoms with E-state index in [0.717, 1.165) is 61.0 Å². The lowest BCUT2D eigenvalue weighted by Gasteiger charge is -2.13. The van der Waals surface area contributed by atoms with E-state index >= 15 is 0 Å². The molecule has 258 valence electrons. The molecule has 0 fully saturated rings. The number of nitrogens with zero attached hydrogens (tertiary/aromatic N) is 2. The van der Waals surface area contributed by atoms with Crippen molar-refractivity contribution in [3.63, 3.8) is 0 Å². The van der Waals surface area contributed by atoms with Gasteiger partial charge in [-0.2, -0.15) is 4.98 Å². The molecule has 10 rings (SSSR count). The van der Waals surface area contributed by atoms with Crippen molar-refractivity contribution in [2.24, 2.45) is 0 Å². The van der Waals surface area contributed by atoms with E-state index in [9.17, 15) is 0 Å². The third-order valence-electron chi connectivity index (χ3n) is 10.3. The van der Waals surface area contributed by atoms with Crippen LogP contribution >= 0.6 is 0 Å². The van der Waals surface area contributed by atoms with Gasteiger partial charge in [0.25, 0.3) is 0 Å². The van der Waals surface area contributed by atoms with E-state index in [1.54, 1.807) is 0 Å². The van der Waals surface area contributed by atoms with Crippen LogP contribution in [0.25, 0.3) is 100 Å². The Kier molecular flexibility index (Phi) is 8.16. The molecular weight excluding hydrogens is 669 g/mol. The van der Waals surface area contributed by atoms with Crippen LogP contribution in [0.15, 0.2) is 211 Å². The molecule has 0 unspecified atom stereocenters. The fourth-order valence-corrected chi connectivity index (χ4v) is 7.52. The van der Waals surface area contributed by atoms with E-state index in [4.69, 9.17) is 14.4 Å². The highest BCUT2D eigenvalue weighted by atomic mass is 16.3. The van der Waals surface area contributed by atoms with Gasteiger partial charge in [0.2, 0.25) is 5.71 Å². The van der Waals surface area contributed by atoms with Crippen molar-refractivity contribution in [2.45, 2.75) is 0 Å². The van der Waals surface area contributed by atoms with Crippen LogP contribution in [0, 0.1) is 0 Å². The maximum Gasteiger partial charge on any atom is 0.231 e. The summed E-state index contributed by atoms with van der Waals surface area (Å²) < 4.78 is 6.34. The molecule has 0 aliphatic rings. The Bertz CT molecular complexity index is 2950. The summed E-state index contributed by atoms with van der Waals surface area (Å²) in [5.41, 5.74) is 15.8. The zero-order valence-electron chi connectivity index (χ0n) is 29.9. The van der Waals surface area contributed by atoms with Gasteiger partial charge in [0.1, 0.15) is 5.58 Å². The average molecular weight is 703 g/mol. The zero-order chi connectivity index (χ0) is 36.6. The number of aromatic nitrogens is 2. The molecule has 0 N–H and O–H groups in total. The number of furan rings is 1. The molecule has 3 heteroatoms. The van der Waals surface area contributed by atoms with Gasteiger partial charge in [-0.1, -0.05) is 170 Å². The molecule has 0 saturated carbocycles. The molecule has 0 saturated heterocycles. The Balaban J connectivity index is 1.07. The summed E-state index contributed by atoms with van der Waals surface area (Å²) in [7, 11) is 0. The number of fused-ring (bicyclic) bond motifs is 3. The van der Waals surface area contributed by atoms with Crippen molar-refractivity contribution in [2.75, 3.05) is 0 Å². The fraction of sp³-hybridized carbons (Fsp3) is 0. The van der Waals surface area contributed by atoms with E-state index in [0.29, 0.717) is 11.5 Å². The minimum atomic E-state index is 0.582. The Morgan fingerprint density at radius 3 is 1.31 bits per heavy atom. The number of benzene rings is 8. The van der Waals surface area contributed by atoms with E-state index < -0.39 is 0 Å². The first-order chi connectivity index (χ1) is 27.2. The van der Waals surface area contributed by atoms with Crippen LogP contribution in [0.4, 0.5) is 0 Å². The van der Waals surface area contributed by atoms with Crippen molar-refractivity contribution >= 4 is 22.1 Å². The van der Waals surface area contributed by atoms with Crippen LogP contribution < -0.4 is 0 Å². The van der Waals surface area contributed by atoms with E-state index in [2.05, 4.69) is 170 Å². The highest BCUT2D eigenvalue weighted by Crippen LogP contribution is 2.38. The summed E-state index contributed by atoms with van der Waals surface area (Å²) in [5.74, 6) is 0.623. The first-order valence-electron chi connectivity index (χ1n) is 18.6. The zero-order valence-corrected chi connectivity index (χ0v) is 29.9. The average Bonchev–Trinajstić information content (AvgIpc) is 3.66. The van der Waals surface area contributed by atoms with Gasteiger partial charge >= 0.3 is 0 Å². The van der Waals surface area contributed by atoms with Crippen molar-refractivity contribution in [3.8, 4) is 78.3 Å². The quantitative estimate of drug-likeness (QED) is 0.166. The van der Waals surface area contributed by atoms with Crippen molar-refractivity contribution < 1.29 is 4.42 Å². The first-order valence-corrected chi connectivity index (χ1v) is 18.6. The molecule has 10 aromatic rings. The maximum atomic E-state index is 6.34. The predicted molar refractivity (Wildman–Crippen MR) is 227 cm³/mol. The molecule has 2 heterocycles. The van der Waals surface area contributed by atoms with Crippen LogP contribution in [-0.2, 0) is 0 Å². The number of hydrogen-bond donors (Lipinski definition) is 0. The SMILES string of the molecule is c1ccc(-c2ccc(-c3cccc(-c4cc(-c5ccccc5)cc(-c5cccc(-c6nc(-c7ccccc7)c7c(n6)oc6ccccc67)c5)c4)c3)cc2)cc1. The molecule has 0 aliphatic carbocycles. The first kappa shape index (κ1) is 32.3. The third-order valence-corrected chi connectivity index (χ3v) is 10.3. The smallest absolute Gasteiger partial charge is 0.231 e. The van der Waals surface area contributed by atoms with E-state index in [1.807, 2.05) is 36.4 Å². The summed E-state index contributed by atoms with van der Waals surface area (Å²) in [5, 5.41) is 1.94. The summed E-state index contributed by atoms with van der Waals surface area (Å²) in [6.07, 6.45) is 0.